The van der Waals surface area contributed by atoms with E-state index in [-0.39, 0.29) is 17.9 Å². The van der Waals surface area contributed by atoms with Gasteiger partial charge in [0, 0.05) is 43.6 Å². The van der Waals surface area contributed by atoms with Crippen molar-refractivity contribution < 1.29 is 13.9 Å². The van der Waals surface area contributed by atoms with E-state index in [1.165, 1.54) is 10.9 Å². The number of aryl methyl sites for hydroxylation is 1. The number of ether oxygens (including phenoxy) is 1. The fraction of sp³-hybridized carbons (Fsp3) is 0.393. The first-order valence-corrected chi connectivity index (χ1v) is 13.6. The molecule has 4 aromatic heterocycles. The second kappa shape index (κ2) is 10.8. The summed E-state index contributed by atoms with van der Waals surface area (Å²) in [5.41, 5.74) is 2.44. The number of aromatic nitrogens is 7. The Bertz CT molecular complexity index is 1590. The van der Waals surface area contributed by atoms with Crippen molar-refractivity contribution in [2.45, 2.75) is 63.5 Å². The molecule has 212 valence electrons. The summed E-state index contributed by atoms with van der Waals surface area (Å²) in [6.07, 6.45) is 9.00. The van der Waals surface area contributed by atoms with Gasteiger partial charge >= 0.3 is 0 Å². The maximum atomic E-state index is 13.5. The van der Waals surface area contributed by atoms with E-state index >= 15 is 0 Å². The van der Waals surface area contributed by atoms with Crippen molar-refractivity contribution in [1.29, 1.82) is 0 Å². The van der Waals surface area contributed by atoms with E-state index < -0.39 is 11.4 Å². The van der Waals surface area contributed by atoms with Crippen molar-refractivity contribution in [2.75, 3.05) is 12.4 Å². The molecule has 4 aromatic rings. The molecule has 3 N–H and O–H groups in total. The number of aliphatic imine (C=N–C) groups is 1. The topological polar surface area (TPSA) is 148 Å². The molecule has 1 aliphatic heterocycles. The van der Waals surface area contributed by atoms with Crippen molar-refractivity contribution in [3.63, 3.8) is 0 Å². The van der Waals surface area contributed by atoms with E-state index in [0.29, 0.717) is 49.6 Å². The first-order valence-electron chi connectivity index (χ1n) is 13.6. The van der Waals surface area contributed by atoms with Crippen LogP contribution in [-0.4, -0.2) is 59.8 Å². The average molecular weight is 559 g/mol. The molecule has 1 saturated carbocycles. The van der Waals surface area contributed by atoms with Gasteiger partial charge in [-0.05, 0) is 51.2 Å². The van der Waals surface area contributed by atoms with Crippen LogP contribution in [0, 0.1) is 12.7 Å². The maximum absolute atomic E-state index is 13.5. The van der Waals surface area contributed by atoms with Gasteiger partial charge in [0.1, 0.15) is 17.1 Å². The Morgan fingerprint density at radius 3 is 2.73 bits per heavy atom. The third-order valence-corrected chi connectivity index (χ3v) is 7.80. The van der Waals surface area contributed by atoms with E-state index in [0.717, 1.165) is 34.7 Å². The monoisotopic (exact) mass is 558 g/mol. The number of carbonyl (C=O) groups excluding carboxylic acids is 1. The highest BCUT2D eigenvalue weighted by Gasteiger charge is 2.43. The lowest BCUT2D eigenvalue weighted by molar-refractivity contribution is -0.148. The molecule has 5 heterocycles. The number of carbonyl (C=O) groups is 1. The number of anilines is 2. The van der Waals surface area contributed by atoms with Gasteiger partial charge in [-0.15, -0.1) is 0 Å². The number of methoxy groups -OCH3 is 1. The van der Waals surface area contributed by atoms with Gasteiger partial charge in [-0.1, -0.05) is 6.07 Å². The summed E-state index contributed by atoms with van der Waals surface area (Å²) in [7, 11) is 1.58. The number of nitrogens with zero attached hydrogens (tertiary/aromatic N) is 7. The fourth-order valence-electron chi connectivity index (χ4n) is 5.39. The lowest BCUT2D eigenvalue weighted by Gasteiger charge is -2.38. The molecule has 1 fully saturated rings. The number of hydrogen-bond acceptors (Lipinski definition) is 9. The number of pyridine rings is 1. The van der Waals surface area contributed by atoms with Crippen molar-refractivity contribution in [3.8, 4) is 5.82 Å². The van der Waals surface area contributed by atoms with Crippen LogP contribution in [0.1, 0.15) is 67.3 Å². The van der Waals surface area contributed by atoms with Crippen molar-refractivity contribution in [3.05, 3.63) is 65.4 Å². The second-order valence-corrected chi connectivity index (χ2v) is 10.5. The van der Waals surface area contributed by atoms with Gasteiger partial charge < -0.3 is 15.4 Å². The molecule has 41 heavy (non-hydrogen) atoms. The SMILES string of the molecule is COC1(C(=O)N[C@@H](C)c2ccc(-n3cc(F)cn3)nc2)CCC(c2nc3c(c(Nc4cc(C)[nH]n4)n2)N=CC3)CC1. The highest BCUT2D eigenvalue weighted by Crippen LogP contribution is 2.41. The third-order valence-electron chi connectivity index (χ3n) is 7.80. The zero-order chi connectivity index (χ0) is 28.6. The molecular formula is C28H31FN10O2. The van der Waals surface area contributed by atoms with Crippen LogP contribution in [-0.2, 0) is 16.0 Å². The van der Waals surface area contributed by atoms with E-state index in [1.54, 1.807) is 19.4 Å². The van der Waals surface area contributed by atoms with Crippen molar-refractivity contribution in [2.24, 2.45) is 4.99 Å². The van der Waals surface area contributed by atoms with E-state index in [4.69, 9.17) is 14.7 Å². The van der Waals surface area contributed by atoms with Crippen LogP contribution in [0.2, 0.25) is 0 Å². The molecule has 1 amide bonds. The van der Waals surface area contributed by atoms with E-state index in [2.05, 4.69) is 35.9 Å². The summed E-state index contributed by atoms with van der Waals surface area (Å²) >= 11 is 0. The van der Waals surface area contributed by atoms with Crippen LogP contribution in [0.5, 0.6) is 0 Å². The molecule has 0 aromatic carbocycles. The summed E-state index contributed by atoms with van der Waals surface area (Å²) < 4.78 is 20.5. The predicted molar refractivity (Wildman–Crippen MR) is 149 cm³/mol. The van der Waals surface area contributed by atoms with Crippen LogP contribution in [0.3, 0.4) is 0 Å². The quantitative estimate of drug-likeness (QED) is 0.292. The predicted octanol–water partition coefficient (Wildman–Crippen LogP) is 4.15. The van der Waals surface area contributed by atoms with Gasteiger partial charge in [0.05, 0.1) is 24.1 Å². The molecule has 0 radical (unpaired) electrons. The second-order valence-electron chi connectivity index (χ2n) is 10.5. The summed E-state index contributed by atoms with van der Waals surface area (Å²) in [5, 5.41) is 17.5. The third kappa shape index (κ3) is 5.32. The molecule has 0 bridgehead atoms. The Morgan fingerprint density at radius 2 is 2.07 bits per heavy atom. The van der Waals surface area contributed by atoms with Gasteiger partial charge in [-0.25, -0.2) is 24.0 Å². The van der Waals surface area contributed by atoms with Crippen LogP contribution in [0.4, 0.5) is 21.7 Å². The number of aromatic amines is 1. The van der Waals surface area contributed by atoms with Crippen molar-refractivity contribution >= 4 is 29.4 Å². The molecule has 2 aliphatic rings. The Labute approximate surface area is 235 Å². The smallest absolute Gasteiger partial charge is 0.252 e. The Hall–Kier alpha value is -4.52. The summed E-state index contributed by atoms with van der Waals surface area (Å²) in [4.78, 5) is 32.0. The summed E-state index contributed by atoms with van der Waals surface area (Å²) in [6, 6.07) is 5.18. The summed E-state index contributed by atoms with van der Waals surface area (Å²) in [6.45, 7) is 3.83. The van der Waals surface area contributed by atoms with Crippen LogP contribution in [0.15, 0.2) is 41.8 Å². The minimum atomic E-state index is -0.946. The zero-order valence-corrected chi connectivity index (χ0v) is 23.1. The molecule has 0 spiro atoms. The molecule has 0 saturated heterocycles. The Balaban J connectivity index is 1.12. The molecule has 1 aliphatic carbocycles. The zero-order valence-electron chi connectivity index (χ0n) is 23.1. The normalized spacial score (nSPS) is 20.5. The lowest BCUT2D eigenvalue weighted by Crippen LogP contribution is -2.50. The van der Waals surface area contributed by atoms with Crippen LogP contribution < -0.4 is 10.6 Å². The van der Waals surface area contributed by atoms with E-state index in [1.807, 2.05) is 32.2 Å². The standard InChI is InChI=1S/C28H31FN10O2/c1-16-12-22(38-37-16)35-26-24-21(8-11-30-24)34-25(36-26)18-6-9-28(41-3,10-7-18)27(40)33-17(2)19-4-5-23(31-13-19)39-15-20(29)14-32-39/h4-5,11-15,17-18H,6-10H2,1-3H3,(H,33,40)(H2,34,35,36,37,38)/t17-,18?,28?/m0/s1. The number of nitrogens with one attached hydrogen (secondary N) is 3. The average Bonchev–Trinajstić information content (AvgIpc) is 3.74. The minimum Gasteiger partial charge on any atom is -0.368 e. The number of H-pyrrole nitrogens is 1. The highest BCUT2D eigenvalue weighted by molar-refractivity contribution is 5.86. The number of fused-ring (bicyclic) bond motifs is 1. The van der Waals surface area contributed by atoms with E-state index in [9.17, 15) is 9.18 Å². The Morgan fingerprint density at radius 1 is 1.24 bits per heavy atom. The molecule has 0 unspecified atom stereocenters. The number of halogens is 1. The molecule has 13 heteroatoms. The Kier molecular flexibility index (Phi) is 7.03. The molecule has 1 atom stereocenters. The minimum absolute atomic E-state index is 0.0831. The van der Waals surface area contributed by atoms with Gasteiger partial charge in [0.25, 0.3) is 5.91 Å². The number of amides is 1. The van der Waals surface area contributed by atoms with Gasteiger partial charge in [0.2, 0.25) is 0 Å². The van der Waals surface area contributed by atoms with Gasteiger partial charge in [-0.2, -0.15) is 10.2 Å². The lowest BCUT2D eigenvalue weighted by atomic mass is 9.77. The first-order chi connectivity index (χ1) is 19.8. The van der Waals surface area contributed by atoms with Crippen LogP contribution in [0.25, 0.3) is 5.82 Å². The largest absolute Gasteiger partial charge is 0.368 e. The number of rotatable bonds is 8. The fourth-order valence-corrected chi connectivity index (χ4v) is 5.39. The summed E-state index contributed by atoms with van der Waals surface area (Å²) in [5.74, 6) is 2.02. The maximum Gasteiger partial charge on any atom is 0.252 e. The molecule has 6 rings (SSSR count). The first kappa shape index (κ1) is 26.7. The van der Waals surface area contributed by atoms with Crippen molar-refractivity contribution in [1.82, 2.24) is 40.2 Å². The van der Waals surface area contributed by atoms with Gasteiger partial charge in [0.15, 0.2) is 23.3 Å². The van der Waals surface area contributed by atoms with Gasteiger partial charge in [-0.3, -0.25) is 14.9 Å². The highest BCUT2D eigenvalue weighted by atomic mass is 19.1. The van der Waals surface area contributed by atoms with Crippen LogP contribution >= 0.6 is 0 Å². The number of hydrogen-bond donors (Lipinski definition) is 3. The molecular weight excluding hydrogens is 527 g/mol. The molecule has 12 nitrogen and oxygen atoms in total.